The highest BCUT2D eigenvalue weighted by molar-refractivity contribution is 5.98. The Balaban J connectivity index is 3.04. The van der Waals surface area contributed by atoms with E-state index in [1.54, 1.807) is 0 Å². The Morgan fingerprint density at radius 2 is 2.11 bits per heavy atom. The molecule has 0 aliphatic carbocycles. The Kier molecular flexibility index (Phi) is 4.42. The Labute approximate surface area is 103 Å². The number of carbonyl (C=O) groups excluding carboxylic acids is 1. The molecule has 0 atom stereocenters. The summed E-state index contributed by atoms with van der Waals surface area (Å²) in [5, 5.41) is 18.1. The quantitative estimate of drug-likeness (QED) is 0.774. The second-order valence-electron chi connectivity index (χ2n) is 3.53. The lowest BCUT2D eigenvalue weighted by atomic mass is 10.1. The minimum absolute atomic E-state index is 0.0128. The molecule has 1 aromatic rings. The van der Waals surface area contributed by atoms with E-state index in [9.17, 15) is 19.1 Å². The zero-order chi connectivity index (χ0) is 13.7. The summed E-state index contributed by atoms with van der Waals surface area (Å²) in [4.78, 5) is 23.5. The SMILES string of the molecule is C=CCN(CC(=O)O)C(=O)c1cc(F)ccc1O. The summed E-state index contributed by atoms with van der Waals surface area (Å²) in [5.74, 6) is -3.07. The Morgan fingerprint density at radius 3 is 2.67 bits per heavy atom. The van der Waals surface area contributed by atoms with Crippen molar-refractivity contribution < 1.29 is 24.2 Å². The number of aliphatic carboxylic acids is 1. The molecule has 1 rings (SSSR count). The fourth-order valence-corrected chi connectivity index (χ4v) is 1.39. The van der Waals surface area contributed by atoms with Gasteiger partial charge in [-0.15, -0.1) is 6.58 Å². The van der Waals surface area contributed by atoms with Crippen molar-refractivity contribution in [1.29, 1.82) is 0 Å². The molecule has 1 aromatic carbocycles. The van der Waals surface area contributed by atoms with Gasteiger partial charge in [0.2, 0.25) is 0 Å². The molecule has 1 amide bonds. The highest BCUT2D eigenvalue weighted by Gasteiger charge is 2.20. The van der Waals surface area contributed by atoms with Gasteiger partial charge in [0.05, 0.1) is 5.56 Å². The zero-order valence-electron chi connectivity index (χ0n) is 9.47. The van der Waals surface area contributed by atoms with Crippen LogP contribution in [0.2, 0.25) is 0 Å². The number of phenols is 1. The molecule has 96 valence electrons. The summed E-state index contributed by atoms with van der Waals surface area (Å²) < 4.78 is 13.0. The number of carbonyl (C=O) groups is 2. The Morgan fingerprint density at radius 1 is 1.44 bits per heavy atom. The first-order valence-corrected chi connectivity index (χ1v) is 5.06. The van der Waals surface area contributed by atoms with Crippen molar-refractivity contribution >= 4 is 11.9 Å². The number of aromatic hydroxyl groups is 1. The standard InChI is InChI=1S/C12H12FNO4/c1-2-5-14(7-11(16)17)12(18)9-6-8(13)3-4-10(9)15/h2-4,6,15H,1,5,7H2,(H,16,17). The summed E-state index contributed by atoms with van der Waals surface area (Å²) in [5.41, 5.74) is -0.280. The van der Waals surface area contributed by atoms with Crippen molar-refractivity contribution in [3.63, 3.8) is 0 Å². The molecule has 0 fully saturated rings. The monoisotopic (exact) mass is 253 g/mol. The largest absolute Gasteiger partial charge is 0.507 e. The maximum Gasteiger partial charge on any atom is 0.323 e. The van der Waals surface area contributed by atoms with E-state index in [4.69, 9.17) is 5.11 Å². The van der Waals surface area contributed by atoms with Gasteiger partial charge in [0.25, 0.3) is 5.91 Å². The molecule has 2 N–H and O–H groups in total. The number of halogens is 1. The van der Waals surface area contributed by atoms with Crippen molar-refractivity contribution in [2.75, 3.05) is 13.1 Å². The Bertz CT molecular complexity index is 487. The van der Waals surface area contributed by atoms with E-state index < -0.39 is 30.0 Å². The highest BCUT2D eigenvalue weighted by Crippen LogP contribution is 2.19. The average Bonchev–Trinajstić information content (AvgIpc) is 2.30. The minimum Gasteiger partial charge on any atom is -0.507 e. The second kappa shape index (κ2) is 5.81. The van der Waals surface area contributed by atoms with Gasteiger partial charge in [0, 0.05) is 6.54 Å². The van der Waals surface area contributed by atoms with E-state index in [0.29, 0.717) is 0 Å². The first kappa shape index (κ1) is 13.7. The predicted molar refractivity (Wildman–Crippen MR) is 61.8 cm³/mol. The first-order valence-electron chi connectivity index (χ1n) is 5.06. The van der Waals surface area contributed by atoms with Gasteiger partial charge in [-0.2, -0.15) is 0 Å². The molecule has 0 saturated carbocycles. The van der Waals surface area contributed by atoms with Crippen molar-refractivity contribution in [3.8, 4) is 5.75 Å². The molecular weight excluding hydrogens is 241 g/mol. The molecule has 0 unspecified atom stereocenters. The van der Waals surface area contributed by atoms with Gasteiger partial charge >= 0.3 is 5.97 Å². The lowest BCUT2D eigenvalue weighted by Gasteiger charge is -2.19. The van der Waals surface area contributed by atoms with Crippen molar-refractivity contribution in [2.45, 2.75) is 0 Å². The maximum absolute atomic E-state index is 13.0. The Hall–Kier alpha value is -2.37. The van der Waals surface area contributed by atoms with Gasteiger partial charge in [0.15, 0.2) is 0 Å². The highest BCUT2D eigenvalue weighted by atomic mass is 19.1. The summed E-state index contributed by atoms with van der Waals surface area (Å²) in [6.07, 6.45) is 1.34. The van der Waals surface area contributed by atoms with Crippen molar-refractivity contribution in [1.82, 2.24) is 4.90 Å². The van der Waals surface area contributed by atoms with E-state index >= 15 is 0 Å². The molecule has 5 nitrogen and oxygen atoms in total. The van der Waals surface area contributed by atoms with Crippen LogP contribution in [0.3, 0.4) is 0 Å². The number of benzene rings is 1. The van der Waals surface area contributed by atoms with Crippen LogP contribution in [-0.2, 0) is 4.79 Å². The number of amides is 1. The summed E-state index contributed by atoms with van der Waals surface area (Å²) in [7, 11) is 0. The normalized spacial score (nSPS) is 9.83. The molecule has 0 spiro atoms. The van der Waals surface area contributed by atoms with Crippen LogP contribution in [0.5, 0.6) is 5.75 Å². The second-order valence-corrected chi connectivity index (χ2v) is 3.53. The van der Waals surface area contributed by atoms with E-state index in [-0.39, 0.29) is 12.1 Å². The van der Waals surface area contributed by atoms with Gasteiger partial charge in [-0.25, -0.2) is 4.39 Å². The molecule has 0 heterocycles. The number of carboxylic acid groups (broad SMARTS) is 1. The van der Waals surface area contributed by atoms with Gasteiger partial charge in [-0.1, -0.05) is 6.08 Å². The number of hydrogen-bond donors (Lipinski definition) is 2. The fraction of sp³-hybridized carbons (Fsp3) is 0.167. The molecule has 0 aliphatic rings. The van der Waals surface area contributed by atoms with E-state index in [0.717, 1.165) is 23.1 Å². The van der Waals surface area contributed by atoms with Crippen molar-refractivity contribution in [3.05, 3.63) is 42.2 Å². The number of nitrogens with zero attached hydrogens (tertiary/aromatic N) is 1. The van der Waals surface area contributed by atoms with Crippen LogP contribution in [0, 0.1) is 5.82 Å². The van der Waals surface area contributed by atoms with E-state index in [1.165, 1.54) is 6.08 Å². The van der Waals surface area contributed by atoms with Crippen LogP contribution in [0.25, 0.3) is 0 Å². The van der Waals surface area contributed by atoms with Crippen LogP contribution in [0.15, 0.2) is 30.9 Å². The molecular formula is C12H12FNO4. The van der Waals surface area contributed by atoms with E-state index in [2.05, 4.69) is 6.58 Å². The zero-order valence-corrected chi connectivity index (χ0v) is 9.47. The lowest BCUT2D eigenvalue weighted by Crippen LogP contribution is -2.35. The van der Waals surface area contributed by atoms with E-state index in [1.807, 2.05) is 0 Å². The smallest absolute Gasteiger partial charge is 0.323 e. The molecule has 0 aliphatic heterocycles. The summed E-state index contributed by atoms with van der Waals surface area (Å²) >= 11 is 0. The molecule has 0 radical (unpaired) electrons. The van der Waals surface area contributed by atoms with Crippen LogP contribution in [0.4, 0.5) is 4.39 Å². The first-order chi connectivity index (χ1) is 8.45. The predicted octanol–water partition coefficient (Wildman–Crippen LogP) is 1.24. The van der Waals surface area contributed by atoms with Gasteiger partial charge in [-0.05, 0) is 18.2 Å². The molecule has 0 bridgehead atoms. The molecule has 18 heavy (non-hydrogen) atoms. The molecule has 0 saturated heterocycles. The van der Waals surface area contributed by atoms with Crippen LogP contribution in [0.1, 0.15) is 10.4 Å². The average molecular weight is 253 g/mol. The van der Waals surface area contributed by atoms with Gasteiger partial charge < -0.3 is 15.1 Å². The summed E-state index contributed by atoms with van der Waals surface area (Å²) in [6.45, 7) is 2.83. The number of phenolic OH excluding ortho intramolecular Hbond substituents is 1. The minimum atomic E-state index is -1.21. The number of hydrogen-bond acceptors (Lipinski definition) is 3. The molecule has 6 heteroatoms. The third-order valence-electron chi connectivity index (χ3n) is 2.15. The maximum atomic E-state index is 13.0. The lowest BCUT2D eigenvalue weighted by molar-refractivity contribution is -0.137. The van der Waals surface area contributed by atoms with Crippen LogP contribution >= 0.6 is 0 Å². The summed E-state index contributed by atoms with van der Waals surface area (Å²) in [6, 6.07) is 2.90. The van der Waals surface area contributed by atoms with Crippen molar-refractivity contribution in [2.24, 2.45) is 0 Å². The number of carboxylic acids is 1. The topological polar surface area (TPSA) is 77.8 Å². The number of rotatable bonds is 5. The third-order valence-corrected chi connectivity index (χ3v) is 2.15. The van der Waals surface area contributed by atoms with Crippen LogP contribution < -0.4 is 0 Å². The van der Waals surface area contributed by atoms with Gasteiger partial charge in [0.1, 0.15) is 18.1 Å². The van der Waals surface area contributed by atoms with Gasteiger partial charge in [-0.3, -0.25) is 9.59 Å². The van der Waals surface area contributed by atoms with Crippen LogP contribution in [-0.4, -0.2) is 40.1 Å². The molecule has 0 aromatic heterocycles. The third kappa shape index (κ3) is 3.31. The fourth-order valence-electron chi connectivity index (χ4n) is 1.39.